The van der Waals surface area contributed by atoms with Gasteiger partial charge in [0.15, 0.2) is 0 Å². The average Bonchev–Trinajstić information content (AvgIpc) is 2.89. The molecule has 2 nitrogen and oxygen atoms in total. The molecular formula is C18H22N2. The van der Waals surface area contributed by atoms with Gasteiger partial charge in [-0.1, -0.05) is 55.5 Å². The molecule has 3 rings (SSSR count). The fourth-order valence-electron chi connectivity index (χ4n) is 2.81. The molecule has 1 N–H and O–H groups in total. The molecule has 0 amide bonds. The van der Waals surface area contributed by atoms with Gasteiger partial charge in [0, 0.05) is 26.2 Å². The van der Waals surface area contributed by atoms with E-state index in [2.05, 4.69) is 65.7 Å². The molecule has 2 aromatic rings. The summed E-state index contributed by atoms with van der Waals surface area (Å²) in [7, 11) is 0. The summed E-state index contributed by atoms with van der Waals surface area (Å²) in [6.45, 7) is 7.32. The lowest BCUT2D eigenvalue weighted by Crippen LogP contribution is -2.16. The SMILES string of the molecule is CCNCc1ccc(CN2Cc3ccccc3C2)cc1. The fraction of sp³-hybridized carbons (Fsp3) is 0.333. The normalized spacial score (nSPS) is 14.4. The Kier molecular flexibility index (Phi) is 4.14. The van der Waals surface area contributed by atoms with E-state index in [1.54, 1.807) is 0 Å². The van der Waals surface area contributed by atoms with Gasteiger partial charge in [-0.3, -0.25) is 4.90 Å². The highest BCUT2D eigenvalue weighted by Crippen LogP contribution is 2.23. The summed E-state index contributed by atoms with van der Waals surface area (Å²) in [4.78, 5) is 2.50. The minimum atomic E-state index is 0.964. The van der Waals surface area contributed by atoms with Crippen LogP contribution in [0.2, 0.25) is 0 Å². The summed E-state index contributed by atoms with van der Waals surface area (Å²) in [5, 5.41) is 3.36. The summed E-state index contributed by atoms with van der Waals surface area (Å²) >= 11 is 0. The van der Waals surface area contributed by atoms with Crippen LogP contribution in [0.1, 0.15) is 29.2 Å². The summed E-state index contributed by atoms with van der Waals surface area (Å²) in [6.07, 6.45) is 0. The Labute approximate surface area is 121 Å². The van der Waals surface area contributed by atoms with Crippen molar-refractivity contribution in [2.75, 3.05) is 6.54 Å². The van der Waals surface area contributed by atoms with Crippen LogP contribution in [0.15, 0.2) is 48.5 Å². The number of benzene rings is 2. The van der Waals surface area contributed by atoms with Crippen molar-refractivity contribution in [2.45, 2.75) is 33.1 Å². The van der Waals surface area contributed by atoms with Crippen molar-refractivity contribution in [3.63, 3.8) is 0 Å². The molecule has 0 atom stereocenters. The number of rotatable bonds is 5. The lowest BCUT2D eigenvalue weighted by molar-refractivity contribution is 0.275. The molecular weight excluding hydrogens is 244 g/mol. The van der Waals surface area contributed by atoms with Gasteiger partial charge in [0.05, 0.1) is 0 Å². The predicted octanol–water partition coefficient (Wildman–Crippen LogP) is 3.31. The molecule has 1 aliphatic rings. The number of hydrogen-bond donors (Lipinski definition) is 1. The van der Waals surface area contributed by atoms with Crippen LogP contribution >= 0.6 is 0 Å². The van der Waals surface area contributed by atoms with Gasteiger partial charge >= 0.3 is 0 Å². The molecule has 2 heteroatoms. The Morgan fingerprint density at radius 3 is 2.10 bits per heavy atom. The Morgan fingerprint density at radius 2 is 1.50 bits per heavy atom. The van der Waals surface area contributed by atoms with E-state index in [9.17, 15) is 0 Å². The minimum Gasteiger partial charge on any atom is -0.313 e. The third-order valence-electron chi connectivity index (χ3n) is 3.91. The molecule has 0 fully saturated rings. The van der Waals surface area contributed by atoms with Crippen molar-refractivity contribution in [3.05, 3.63) is 70.8 Å². The van der Waals surface area contributed by atoms with Crippen molar-refractivity contribution in [1.29, 1.82) is 0 Å². The van der Waals surface area contributed by atoms with E-state index in [0.29, 0.717) is 0 Å². The molecule has 1 heterocycles. The van der Waals surface area contributed by atoms with Gasteiger partial charge in [-0.2, -0.15) is 0 Å². The fourth-order valence-corrected chi connectivity index (χ4v) is 2.81. The van der Waals surface area contributed by atoms with Gasteiger partial charge in [0.2, 0.25) is 0 Å². The molecule has 0 unspecified atom stereocenters. The second-order valence-electron chi connectivity index (χ2n) is 5.51. The molecule has 0 saturated heterocycles. The van der Waals surface area contributed by atoms with Crippen LogP contribution in [0.25, 0.3) is 0 Å². The van der Waals surface area contributed by atoms with Crippen LogP contribution < -0.4 is 5.32 Å². The molecule has 1 aliphatic heterocycles. The standard InChI is InChI=1S/C18H22N2/c1-2-19-11-15-7-9-16(10-8-15)12-20-13-17-5-3-4-6-18(17)14-20/h3-10,19H,2,11-14H2,1H3. The van der Waals surface area contributed by atoms with E-state index in [-0.39, 0.29) is 0 Å². The van der Waals surface area contributed by atoms with Crippen LogP contribution in [0.3, 0.4) is 0 Å². The highest BCUT2D eigenvalue weighted by Gasteiger charge is 2.17. The van der Waals surface area contributed by atoms with Crippen LogP contribution in [0, 0.1) is 0 Å². The van der Waals surface area contributed by atoms with E-state index >= 15 is 0 Å². The highest BCUT2D eigenvalue weighted by molar-refractivity contribution is 5.31. The Hall–Kier alpha value is -1.64. The van der Waals surface area contributed by atoms with E-state index in [1.807, 2.05) is 0 Å². The predicted molar refractivity (Wildman–Crippen MR) is 83.2 cm³/mol. The Bertz CT molecular complexity index is 535. The molecule has 0 radical (unpaired) electrons. The minimum absolute atomic E-state index is 0.964. The molecule has 0 aliphatic carbocycles. The Balaban J connectivity index is 1.59. The topological polar surface area (TPSA) is 15.3 Å². The first-order chi connectivity index (χ1) is 9.85. The lowest BCUT2D eigenvalue weighted by atomic mass is 10.1. The van der Waals surface area contributed by atoms with Crippen molar-refractivity contribution in [2.24, 2.45) is 0 Å². The zero-order chi connectivity index (χ0) is 13.8. The lowest BCUT2D eigenvalue weighted by Gasteiger charge is -2.15. The van der Waals surface area contributed by atoms with Gasteiger partial charge in [0.25, 0.3) is 0 Å². The number of nitrogens with one attached hydrogen (secondary N) is 1. The quantitative estimate of drug-likeness (QED) is 0.893. The second kappa shape index (κ2) is 6.21. The molecule has 0 saturated carbocycles. The maximum absolute atomic E-state index is 3.36. The molecule has 0 spiro atoms. The maximum Gasteiger partial charge on any atom is 0.0244 e. The molecule has 0 bridgehead atoms. The Morgan fingerprint density at radius 1 is 0.900 bits per heavy atom. The summed E-state index contributed by atoms with van der Waals surface area (Å²) in [6, 6.07) is 17.8. The van der Waals surface area contributed by atoms with Gasteiger partial charge in [-0.05, 0) is 28.8 Å². The van der Waals surface area contributed by atoms with Crippen molar-refractivity contribution >= 4 is 0 Å². The third-order valence-corrected chi connectivity index (χ3v) is 3.91. The first-order valence-electron chi connectivity index (χ1n) is 7.43. The van der Waals surface area contributed by atoms with Gasteiger partial charge in [-0.15, -0.1) is 0 Å². The van der Waals surface area contributed by atoms with Gasteiger partial charge in [-0.25, -0.2) is 0 Å². The van der Waals surface area contributed by atoms with Crippen molar-refractivity contribution in [3.8, 4) is 0 Å². The molecule has 20 heavy (non-hydrogen) atoms. The first-order valence-corrected chi connectivity index (χ1v) is 7.43. The zero-order valence-electron chi connectivity index (χ0n) is 12.1. The smallest absolute Gasteiger partial charge is 0.0244 e. The largest absolute Gasteiger partial charge is 0.313 e. The van der Waals surface area contributed by atoms with E-state index in [4.69, 9.17) is 0 Å². The van der Waals surface area contributed by atoms with Crippen LogP contribution in [0.5, 0.6) is 0 Å². The van der Waals surface area contributed by atoms with Crippen molar-refractivity contribution < 1.29 is 0 Å². The zero-order valence-corrected chi connectivity index (χ0v) is 12.1. The second-order valence-corrected chi connectivity index (χ2v) is 5.51. The van der Waals surface area contributed by atoms with Crippen LogP contribution in [-0.2, 0) is 26.2 Å². The van der Waals surface area contributed by atoms with Crippen LogP contribution in [0.4, 0.5) is 0 Å². The van der Waals surface area contributed by atoms with E-state index in [1.165, 1.54) is 22.3 Å². The molecule has 0 aromatic heterocycles. The summed E-state index contributed by atoms with van der Waals surface area (Å²) in [5.41, 5.74) is 5.73. The van der Waals surface area contributed by atoms with Crippen molar-refractivity contribution in [1.82, 2.24) is 10.2 Å². The van der Waals surface area contributed by atoms with Gasteiger partial charge < -0.3 is 5.32 Å². The van der Waals surface area contributed by atoms with Gasteiger partial charge in [0.1, 0.15) is 0 Å². The number of fused-ring (bicyclic) bond motifs is 1. The molecule has 104 valence electrons. The number of hydrogen-bond acceptors (Lipinski definition) is 2. The third kappa shape index (κ3) is 3.09. The molecule has 2 aromatic carbocycles. The first kappa shape index (κ1) is 13.3. The van der Waals surface area contributed by atoms with Crippen LogP contribution in [-0.4, -0.2) is 11.4 Å². The number of nitrogens with zero attached hydrogens (tertiary/aromatic N) is 1. The summed E-state index contributed by atoms with van der Waals surface area (Å²) in [5.74, 6) is 0. The average molecular weight is 266 g/mol. The monoisotopic (exact) mass is 266 g/mol. The van der Waals surface area contributed by atoms with E-state index in [0.717, 1.165) is 32.7 Å². The van der Waals surface area contributed by atoms with E-state index < -0.39 is 0 Å². The highest BCUT2D eigenvalue weighted by atomic mass is 15.1. The maximum atomic E-state index is 3.36. The summed E-state index contributed by atoms with van der Waals surface area (Å²) < 4.78 is 0.